The van der Waals surface area contributed by atoms with E-state index in [1.807, 2.05) is 43.0 Å². The summed E-state index contributed by atoms with van der Waals surface area (Å²) in [7, 11) is 0. The lowest BCUT2D eigenvalue weighted by Gasteiger charge is -2.41. The van der Waals surface area contributed by atoms with Crippen LogP contribution < -0.4 is 5.32 Å². The van der Waals surface area contributed by atoms with Crippen LogP contribution in [0.3, 0.4) is 0 Å². The maximum absolute atomic E-state index is 12.6. The molecule has 0 radical (unpaired) electrons. The van der Waals surface area contributed by atoms with E-state index in [4.69, 9.17) is 0 Å². The Morgan fingerprint density at radius 1 is 1.35 bits per heavy atom. The van der Waals surface area contributed by atoms with Gasteiger partial charge in [0.25, 0.3) is 0 Å². The number of hydrogen-bond acceptors (Lipinski definition) is 4. The fourth-order valence-electron chi connectivity index (χ4n) is 3.54. The van der Waals surface area contributed by atoms with Gasteiger partial charge in [-0.05, 0) is 44.5 Å². The Balaban J connectivity index is 1.54. The number of carbonyl (C=O) groups is 1. The van der Waals surface area contributed by atoms with E-state index in [9.17, 15) is 9.90 Å². The van der Waals surface area contributed by atoms with Crippen LogP contribution in [0, 0.1) is 0 Å². The summed E-state index contributed by atoms with van der Waals surface area (Å²) in [5.41, 5.74) is 1.31. The molecule has 2 aromatic rings. The van der Waals surface area contributed by atoms with Crippen LogP contribution in [0.15, 0.2) is 36.5 Å². The summed E-state index contributed by atoms with van der Waals surface area (Å²) in [4.78, 5) is 21.0. The molecule has 1 aromatic heterocycles. The van der Waals surface area contributed by atoms with Crippen molar-refractivity contribution in [1.82, 2.24) is 20.1 Å². The zero-order valence-electron chi connectivity index (χ0n) is 15.8. The first-order valence-electron chi connectivity index (χ1n) is 9.15. The number of fused-ring (bicyclic) bond motifs is 1. The smallest absolute Gasteiger partial charge is 0.317 e. The average molecular weight is 356 g/mol. The third kappa shape index (κ3) is 4.71. The zero-order chi connectivity index (χ0) is 18.7. The summed E-state index contributed by atoms with van der Waals surface area (Å²) in [6.45, 7) is 9.04. The number of urea groups is 1. The fourth-order valence-corrected chi connectivity index (χ4v) is 3.54. The maximum Gasteiger partial charge on any atom is 0.317 e. The van der Waals surface area contributed by atoms with Gasteiger partial charge in [-0.3, -0.25) is 9.88 Å². The van der Waals surface area contributed by atoms with Gasteiger partial charge in [-0.15, -0.1) is 0 Å². The van der Waals surface area contributed by atoms with Crippen molar-refractivity contribution in [3.63, 3.8) is 0 Å². The molecule has 3 rings (SSSR count). The van der Waals surface area contributed by atoms with Crippen LogP contribution in [0.5, 0.6) is 0 Å². The number of carbonyl (C=O) groups excluding carboxylic acids is 1. The highest BCUT2D eigenvalue weighted by atomic mass is 16.3. The zero-order valence-corrected chi connectivity index (χ0v) is 15.8. The molecule has 0 bridgehead atoms. The highest BCUT2D eigenvalue weighted by Crippen LogP contribution is 2.15. The fraction of sp³-hybridized carbons (Fsp3) is 0.500. The number of aliphatic hydroxyl groups is 1. The van der Waals surface area contributed by atoms with E-state index < -0.39 is 5.60 Å². The van der Waals surface area contributed by atoms with Crippen molar-refractivity contribution in [2.45, 2.75) is 39.0 Å². The molecule has 0 aliphatic carbocycles. The normalized spacial score (nSPS) is 18.9. The van der Waals surface area contributed by atoms with E-state index in [0.29, 0.717) is 19.6 Å². The molecule has 1 aromatic carbocycles. The number of hydrogen-bond donors (Lipinski definition) is 2. The van der Waals surface area contributed by atoms with E-state index in [1.165, 1.54) is 0 Å². The van der Waals surface area contributed by atoms with E-state index >= 15 is 0 Å². The number of rotatable bonds is 4. The molecule has 0 spiro atoms. The monoisotopic (exact) mass is 356 g/mol. The molecular formula is C20H28N4O2. The van der Waals surface area contributed by atoms with Crippen LogP contribution in [0.4, 0.5) is 4.79 Å². The molecule has 2 N–H and O–H groups in total. The molecule has 140 valence electrons. The molecule has 1 fully saturated rings. The van der Waals surface area contributed by atoms with Gasteiger partial charge in [-0.2, -0.15) is 0 Å². The highest BCUT2D eigenvalue weighted by molar-refractivity contribution is 5.79. The molecule has 1 atom stereocenters. The van der Waals surface area contributed by atoms with Crippen molar-refractivity contribution >= 4 is 16.9 Å². The number of nitrogens with zero attached hydrogens (tertiary/aromatic N) is 3. The van der Waals surface area contributed by atoms with Crippen LogP contribution in [0.1, 0.15) is 26.3 Å². The van der Waals surface area contributed by atoms with Gasteiger partial charge >= 0.3 is 6.03 Å². The van der Waals surface area contributed by atoms with Crippen LogP contribution in [-0.2, 0) is 6.54 Å². The summed E-state index contributed by atoms with van der Waals surface area (Å²) in [5.74, 6) is 0. The van der Waals surface area contributed by atoms with E-state index in [0.717, 1.165) is 29.6 Å². The third-order valence-electron chi connectivity index (χ3n) is 4.69. The SMILES string of the molecule is CC1CN(CC(C)(C)O)CCN1C(=O)NCc1ccc2ncccc2c1. The van der Waals surface area contributed by atoms with Crippen molar-refractivity contribution in [1.29, 1.82) is 0 Å². The predicted octanol–water partition coefficient (Wildman–Crippen LogP) is 2.22. The molecule has 2 amide bonds. The Morgan fingerprint density at radius 3 is 2.88 bits per heavy atom. The Kier molecular flexibility index (Phi) is 5.44. The topological polar surface area (TPSA) is 68.7 Å². The van der Waals surface area contributed by atoms with Crippen LogP contribution in [-0.4, -0.2) is 63.7 Å². The lowest BCUT2D eigenvalue weighted by Crippen LogP contribution is -2.58. The van der Waals surface area contributed by atoms with Crippen molar-refractivity contribution < 1.29 is 9.90 Å². The van der Waals surface area contributed by atoms with Crippen molar-refractivity contribution in [2.75, 3.05) is 26.2 Å². The van der Waals surface area contributed by atoms with Gasteiger partial charge in [0.2, 0.25) is 0 Å². The number of amides is 2. The van der Waals surface area contributed by atoms with E-state index in [1.54, 1.807) is 6.20 Å². The summed E-state index contributed by atoms with van der Waals surface area (Å²) in [5, 5.41) is 14.1. The van der Waals surface area contributed by atoms with Crippen LogP contribution >= 0.6 is 0 Å². The molecule has 2 heterocycles. The number of nitrogens with one attached hydrogen (secondary N) is 1. The van der Waals surface area contributed by atoms with Crippen LogP contribution in [0.25, 0.3) is 10.9 Å². The summed E-state index contributed by atoms with van der Waals surface area (Å²) < 4.78 is 0. The molecular weight excluding hydrogens is 328 g/mol. The van der Waals surface area contributed by atoms with Crippen LogP contribution in [0.2, 0.25) is 0 Å². The first kappa shape index (κ1) is 18.6. The minimum Gasteiger partial charge on any atom is -0.389 e. The Labute approximate surface area is 154 Å². The standard InChI is InChI=1S/C20H28N4O2/c1-15-13-23(14-20(2,3)26)9-10-24(15)19(25)22-12-16-6-7-18-17(11-16)5-4-8-21-18/h4-8,11,15,26H,9-10,12-14H2,1-3H3,(H,22,25). The number of benzene rings is 1. The lowest BCUT2D eigenvalue weighted by molar-refractivity contribution is 0.0119. The van der Waals surface area contributed by atoms with Gasteiger partial charge < -0.3 is 15.3 Å². The summed E-state index contributed by atoms with van der Waals surface area (Å²) in [6, 6.07) is 10.1. The van der Waals surface area contributed by atoms with E-state index in [2.05, 4.69) is 28.2 Å². The summed E-state index contributed by atoms with van der Waals surface area (Å²) in [6.07, 6.45) is 1.78. The van der Waals surface area contributed by atoms with Crippen molar-refractivity contribution in [2.24, 2.45) is 0 Å². The first-order valence-corrected chi connectivity index (χ1v) is 9.15. The Morgan fingerprint density at radius 2 is 2.15 bits per heavy atom. The van der Waals surface area contributed by atoms with Gasteiger partial charge in [-0.25, -0.2) is 4.79 Å². The van der Waals surface area contributed by atoms with E-state index in [-0.39, 0.29) is 12.1 Å². The first-order chi connectivity index (χ1) is 12.3. The largest absolute Gasteiger partial charge is 0.389 e. The molecule has 1 saturated heterocycles. The quantitative estimate of drug-likeness (QED) is 0.881. The molecule has 6 heteroatoms. The highest BCUT2D eigenvalue weighted by Gasteiger charge is 2.29. The second-order valence-electron chi connectivity index (χ2n) is 7.78. The molecule has 1 aliphatic rings. The second kappa shape index (κ2) is 7.60. The van der Waals surface area contributed by atoms with Gasteiger partial charge in [0, 0.05) is 50.3 Å². The Hall–Kier alpha value is -2.18. The minimum absolute atomic E-state index is 0.0355. The lowest BCUT2D eigenvalue weighted by atomic mass is 10.1. The van der Waals surface area contributed by atoms with Gasteiger partial charge in [0.15, 0.2) is 0 Å². The average Bonchev–Trinajstić information content (AvgIpc) is 2.58. The number of β-amino-alcohol motifs (C(OH)–C–C–N with tert-alkyl or cyclic N) is 1. The van der Waals surface area contributed by atoms with Crippen molar-refractivity contribution in [3.05, 3.63) is 42.1 Å². The predicted molar refractivity (Wildman–Crippen MR) is 103 cm³/mol. The molecule has 0 saturated carbocycles. The van der Waals surface area contributed by atoms with Gasteiger partial charge in [-0.1, -0.05) is 12.1 Å². The molecule has 1 aliphatic heterocycles. The number of aromatic nitrogens is 1. The maximum atomic E-state index is 12.6. The second-order valence-corrected chi connectivity index (χ2v) is 7.78. The molecule has 26 heavy (non-hydrogen) atoms. The summed E-state index contributed by atoms with van der Waals surface area (Å²) >= 11 is 0. The van der Waals surface area contributed by atoms with Gasteiger partial charge in [0.05, 0.1) is 11.1 Å². The number of piperazine rings is 1. The Bertz CT molecular complexity index is 772. The molecule has 1 unspecified atom stereocenters. The minimum atomic E-state index is -0.713. The third-order valence-corrected chi connectivity index (χ3v) is 4.69. The molecule has 6 nitrogen and oxygen atoms in total. The van der Waals surface area contributed by atoms with Crippen molar-refractivity contribution in [3.8, 4) is 0 Å². The number of pyridine rings is 1. The van der Waals surface area contributed by atoms with Gasteiger partial charge in [0.1, 0.15) is 0 Å².